The Morgan fingerprint density at radius 2 is 1.07 bits per heavy atom. The van der Waals surface area contributed by atoms with Crippen molar-refractivity contribution in [3.8, 4) is 5.75 Å². The monoisotopic (exact) mass is 454 g/mol. The molecule has 14 heteroatoms. The maximum Gasteiger partial charge on any atom is 0.339 e. The van der Waals surface area contributed by atoms with Crippen molar-refractivity contribution in [3.63, 3.8) is 0 Å². The molecule has 0 saturated heterocycles. The molecular formula is C15H18O13Ti. The summed E-state index contributed by atoms with van der Waals surface area (Å²) in [5.74, 6) is -7.00. The van der Waals surface area contributed by atoms with Crippen LogP contribution in [-0.2, 0) is 40.9 Å². The molecule has 1 rings (SSSR count). The van der Waals surface area contributed by atoms with Crippen LogP contribution in [0.1, 0.15) is 23.2 Å². The molecule has 1 aromatic rings. The number of phenols is 1. The molecular weight excluding hydrogens is 436 g/mol. The summed E-state index contributed by atoms with van der Waals surface area (Å²) in [5.41, 5.74) is -0.0671. The molecule has 0 aromatic heterocycles. The number of aromatic hydroxyl groups is 1. The molecule has 0 saturated carbocycles. The zero-order valence-corrected chi connectivity index (χ0v) is 16.1. The molecule has 8 N–H and O–H groups in total. The van der Waals surface area contributed by atoms with E-state index < -0.39 is 54.9 Å². The van der Waals surface area contributed by atoms with E-state index in [9.17, 15) is 24.0 Å². The van der Waals surface area contributed by atoms with Crippen LogP contribution >= 0.6 is 0 Å². The second-order valence-corrected chi connectivity index (χ2v) is 4.73. The van der Waals surface area contributed by atoms with Crippen LogP contribution in [0.25, 0.3) is 0 Å². The molecule has 0 fully saturated rings. The molecule has 160 valence electrons. The van der Waals surface area contributed by atoms with Crippen molar-refractivity contribution in [1.29, 1.82) is 0 Å². The molecule has 0 aliphatic rings. The van der Waals surface area contributed by atoms with Gasteiger partial charge in [-0.3, -0.25) is 9.59 Å². The first-order valence-electron chi connectivity index (χ1n) is 7.06. The third kappa shape index (κ3) is 16.9. The summed E-state index contributed by atoms with van der Waals surface area (Å²) in [4.78, 5) is 49.1. The number of benzene rings is 1. The Labute approximate surface area is 177 Å². The maximum atomic E-state index is 10.3. The van der Waals surface area contributed by atoms with Gasteiger partial charge >= 0.3 is 29.8 Å². The molecule has 0 spiro atoms. The number of para-hydroxylation sites is 1. The molecule has 2 unspecified atom stereocenters. The fourth-order valence-electron chi connectivity index (χ4n) is 1.16. The van der Waals surface area contributed by atoms with Crippen LogP contribution in [0.2, 0.25) is 0 Å². The van der Waals surface area contributed by atoms with Crippen LogP contribution in [0, 0.1) is 0 Å². The van der Waals surface area contributed by atoms with Gasteiger partial charge in [0.1, 0.15) is 11.3 Å². The quantitative estimate of drug-likeness (QED) is 0.228. The molecule has 29 heavy (non-hydrogen) atoms. The van der Waals surface area contributed by atoms with Crippen molar-refractivity contribution in [2.75, 3.05) is 0 Å². The van der Waals surface area contributed by atoms with Gasteiger partial charge < -0.3 is 40.9 Å². The fraction of sp³-hybridized carbons (Fsp3) is 0.267. The van der Waals surface area contributed by atoms with Gasteiger partial charge in [0.05, 0.1) is 12.8 Å². The Morgan fingerprint density at radius 1 is 0.724 bits per heavy atom. The van der Waals surface area contributed by atoms with E-state index in [0.29, 0.717) is 0 Å². The molecule has 13 nitrogen and oxygen atoms in total. The molecule has 1 aromatic carbocycles. The van der Waals surface area contributed by atoms with E-state index in [2.05, 4.69) is 0 Å². The summed E-state index contributed by atoms with van der Waals surface area (Å²) in [5, 5.41) is 65.6. The number of hydrogen-bond acceptors (Lipinski definition) is 8. The fourth-order valence-corrected chi connectivity index (χ4v) is 1.16. The molecule has 2 atom stereocenters. The minimum absolute atomic E-state index is 0. The topological polar surface area (TPSA) is 247 Å². The van der Waals surface area contributed by atoms with E-state index >= 15 is 0 Å². The second-order valence-electron chi connectivity index (χ2n) is 4.73. The van der Waals surface area contributed by atoms with Gasteiger partial charge in [0.15, 0.2) is 12.2 Å². The van der Waals surface area contributed by atoms with Gasteiger partial charge in [-0.25, -0.2) is 14.4 Å². The van der Waals surface area contributed by atoms with Crippen molar-refractivity contribution in [2.45, 2.75) is 25.0 Å². The largest absolute Gasteiger partial charge is 0.507 e. The van der Waals surface area contributed by atoms with E-state index in [1.54, 1.807) is 12.1 Å². The van der Waals surface area contributed by atoms with Crippen molar-refractivity contribution < 1.29 is 86.5 Å². The Hall–Kier alpha value is -3.00. The molecule has 0 heterocycles. The Balaban J connectivity index is -0.000000345. The van der Waals surface area contributed by atoms with Gasteiger partial charge in [0.2, 0.25) is 0 Å². The summed E-state index contributed by atoms with van der Waals surface area (Å²) in [6.45, 7) is 0. The number of carboxylic acid groups (broad SMARTS) is 5. The van der Waals surface area contributed by atoms with E-state index in [4.69, 9.17) is 40.9 Å². The number of hydrogen-bond donors (Lipinski definition) is 8. The number of aliphatic hydroxyl groups excluding tert-OH is 2. The number of rotatable bonds is 7. The van der Waals surface area contributed by atoms with E-state index in [1.807, 2.05) is 0 Å². The molecule has 0 radical (unpaired) electrons. The number of carbonyl (C=O) groups is 5. The van der Waals surface area contributed by atoms with Crippen molar-refractivity contribution in [2.24, 2.45) is 0 Å². The molecule has 0 aliphatic heterocycles. The first-order valence-corrected chi connectivity index (χ1v) is 7.06. The van der Waals surface area contributed by atoms with Crippen molar-refractivity contribution in [1.82, 2.24) is 0 Å². The van der Waals surface area contributed by atoms with Crippen LogP contribution in [0.5, 0.6) is 5.75 Å². The van der Waals surface area contributed by atoms with Crippen LogP contribution in [-0.4, -0.2) is 82.9 Å². The predicted octanol–water partition coefficient (Wildman–Crippen LogP) is -1.10. The van der Waals surface area contributed by atoms with E-state index in [1.165, 1.54) is 12.1 Å². The second kappa shape index (κ2) is 16.0. The Kier molecular flexibility index (Phi) is 17.0. The van der Waals surface area contributed by atoms with Crippen LogP contribution in [0.15, 0.2) is 24.3 Å². The minimum Gasteiger partial charge on any atom is -0.507 e. The summed E-state index contributed by atoms with van der Waals surface area (Å²) in [6.07, 6.45) is -5.09. The average Bonchev–Trinajstić information content (AvgIpc) is 2.54. The first-order chi connectivity index (χ1) is 12.8. The summed E-state index contributed by atoms with van der Waals surface area (Å²) < 4.78 is 0. The summed E-state index contributed by atoms with van der Waals surface area (Å²) in [6, 6.07) is 5.81. The van der Waals surface area contributed by atoms with Gasteiger partial charge in [-0.1, -0.05) is 12.1 Å². The van der Waals surface area contributed by atoms with E-state index in [-0.39, 0.29) is 33.0 Å². The maximum absolute atomic E-state index is 10.3. The molecule has 0 bridgehead atoms. The molecule has 0 amide bonds. The smallest absolute Gasteiger partial charge is 0.339 e. The standard InChI is InChI=1S/C7H6O3.2C4H6O5.Ti/c8-6-4-2-1-3-5(6)7(9)10;2*5-2(4(8)9)1-3(6)7;/h1-4,8H,(H,9,10);2*2,5H,1H2,(H,6,7)(H,8,9);. The number of carboxylic acids is 5. The van der Waals surface area contributed by atoms with Crippen LogP contribution in [0.3, 0.4) is 0 Å². The number of aliphatic hydroxyl groups is 2. The number of aromatic carboxylic acids is 1. The number of aliphatic carboxylic acids is 4. The normalized spacial score (nSPS) is 11.0. The van der Waals surface area contributed by atoms with E-state index in [0.717, 1.165) is 0 Å². The third-order valence-corrected chi connectivity index (χ3v) is 2.44. The van der Waals surface area contributed by atoms with Crippen LogP contribution < -0.4 is 0 Å². The van der Waals surface area contributed by atoms with Gasteiger partial charge in [-0.05, 0) is 12.1 Å². The minimum atomic E-state index is -1.79. The van der Waals surface area contributed by atoms with Gasteiger partial charge in [0, 0.05) is 21.7 Å². The average molecular weight is 454 g/mol. The zero-order valence-electron chi connectivity index (χ0n) is 14.5. The van der Waals surface area contributed by atoms with Gasteiger partial charge in [-0.2, -0.15) is 0 Å². The van der Waals surface area contributed by atoms with Crippen molar-refractivity contribution >= 4 is 29.8 Å². The predicted molar refractivity (Wildman–Crippen MR) is 86.9 cm³/mol. The van der Waals surface area contributed by atoms with Gasteiger partial charge in [0.25, 0.3) is 0 Å². The first kappa shape index (κ1) is 30.7. The zero-order chi connectivity index (χ0) is 22.4. The summed E-state index contributed by atoms with van der Waals surface area (Å²) in [7, 11) is 0. The third-order valence-electron chi connectivity index (χ3n) is 2.44. The Morgan fingerprint density at radius 3 is 1.24 bits per heavy atom. The van der Waals surface area contributed by atoms with Crippen molar-refractivity contribution in [3.05, 3.63) is 29.8 Å². The van der Waals surface area contributed by atoms with Gasteiger partial charge in [-0.15, -0.1) is 0 Å². The summed E-state index contributed by atoms with van der Waals surface area (Å²) >= 11 is 0. The SMILES string of the molecule is O=C(O)CC(O)C(=O)O.O=C(O)CC(O)C(=O)O.O=C(O)c1ccccc1O.[Ti]. The Bertz CT molecular complexity index is 671. The van der Waals surface area contributed by atoms with Crippen LogP contribution in [0.4, 0.5) is 0 Å². The molecule has 0 aliphatic carbocycles.